The number of carbonyl (C=O) groups is 1. The topological polar surface area (TPSA) is 83.7 Å². The summed E-state index contributed by atoms with van der Waals surface area (Å²) in [6, 6.07) is 16.2. The van der Waals surface area contributed by atoms with Gasteiger partial charge in [-0.2, -0.15) is 10.4 Å². The van der Waals surface area contributed by atoms with Crippen LogP contribution in [0.25, 0.3) is 0 Å². The zero-order valence-electron chi connectivity index (χ0n) is 14.2. The summed E-state index contributed by atoms with van der Waals surface area (Å²) in [7, 11) is 0. The van der Waals surface area contributed by atoms with Crippen LogP contribution in [0.3, 0.4) is 0 Å². The van der Waals surface area contributed by atoms with E-state index in [1.54, 1.807) is 31.2 Å². The first-order chi connectivity index (χ1) is 12.1. The Hall–Kier alpha value is -3.33. The normalized spacial score (nSPS) is 10.7. The van der Waals surface area contributed by atoms with Crippen LogP contribution in [0.2, 0.25) is 0 Å². The molecule has 0 radical (unpaired) electrons. The summed E-state index contributed by atoms with van der Waals surface area (Å²) >= 11 is 0. The van der Waals surface area contributed by atoms with E-state index in [1.165, 1.54) is 0 Å². The molecule has 0 fully saturated rings. The molecule has 128 valence electrons. The Labute approximate surface area is 146 Å². The van der Waals surface area contributed by atoms with E-state index in [-0.39, 0.29) is 6.61 Å². The van der Waals surface area contributed by atoms with Crippen molar-refractivity contribution in [1.29, 1.82) is 5.26 Å². The van der Waals surface area contributed by atoms with E-state index < -0.39 is 5.91 Å². The summed E-state index contributed by atoms with van der Waals surface area (Å²) in [6.45, 7) is 4.10. The van der Waals surface area contributed by atoms with Crippen LogP contribution in [-0.4, -0.2) is 24.8 Å². The molecule has 2 aromatic rings. The summed E-state index contributed by atoms with van der Waals surface area (Å²) in [5.74, 6) is 0.748. The molecule has 0 unspecified atom stereocenters. The molecular formula is C19H19N3O3. The quantitative estimate of drug-likeness (QED) is 0.622. The molecule has 0 saturated carbocycles. The SMILES string of the molecule is CCOc1ccc(/C(C)=N\NC(=O)COc2ccccc2C#N)cc1. The van der Waals surface area contributed by atoms with Gasteiger partial charge in [0.2, 0.25) is 0 Å². The summed E-state index contributed by atoms with van der Waals surface area (Å²) in [5, 5.41) is 13.0. The van der Waals surface area contributed by atoms with Gasteiger partial charge >= 0.3 is 0 Å². The fraction of sp³-hybridized carbons (Fsp3) is 0.211. The molecule has 0 heterocycles. The van der Waals surface area contributed by atoms with Gasteiger partial charge in [0.15, 0.2) is 6.61 Å². The van der Waals surface area contributed by atoms with Crippen LogP contribution in [0, 0.1) is 11.3 Å². The zero-order chi connectivity index (χ0) is 18.1. The molecule has 0 aliphatic carbocycles. The number of hydrogen-bond acceptors (Lipinski definition) is 5. The average Bonchev–Trinajstić information content (AvgIpc) is 2.65. The Morgan fingerprint density at radius 2 is 1.88 bits per heavy atom. The lowest BCUT2D eigenvalue weighted by molar-refractivity contribution is -0.123. The summed E-state index contributed by atoms with van der Waals surface area (Å²) in [5.41, 5.74) is 4.35. The van der Waals surface area contributed by atoms with E-state index in [4.69, 9.17) is 14.7 Å². The minimum Gasteiger partial charge on any atom is -0.494 e. The number of nitrogens with one attached hydrogen (secondary N) is 1. The fourth-order valence-corrected chi connectivity index (χ4v) is 2.03. The monoisotopic (exact) mass is 337 g/mol. The number of carbonyl (C=O) groups excluding carboxylic acids is 1. The maximum absolute atomic E-state index is 11.8. The molecule has 0 aliphatic heterocycles. The van der Waals surface area contributed by atoms with Gasteiger partial charge in [0.25, 0.3) is 5.91 Å². The molecule has 0 aliphatic rings. The highest BCUT2D eigenvalue weighted by Gasteiger charge is 2.06. The first kappa shape index (κ1) is 18.0. The Kier molecular flexibility index (Phi) is 6.55. The number of para-hydroxylation sites is 1. The van der Waals surface area contributed by atoms with E-state index in [0.717, 1.165) is 11.3 Å². The molecular weight excluding hydrogens is 318 g/mol. The largest absolute Gasteiger partial charge is 0.494 e. The molecule has 0 spiro atoms. The molecule has 0 aromatic heterocycles. The van der Waals surface area contributed by atoms with Gasteiger partial charge in [-0.1, -0.05) is 12.1 Å². The number of rotatable bonds is 7. The third kappa shape index (κ3) is 5.36. The Bertz CT molecular complexity index is 792. The van der Waals surface area contributed by atoms with Crippen molar-refractivity contribution in [3.63, 3.8) is 0 Å². The van der Waals surface area contributed by atoms with Gasteiger partial charge in [-0.25, -0.2) is 5.43 Å². The van der Waals surface area contributed by atoms with Gasteiger partial charge in [0, 0.05) is 0 Å². The predicted molar refractivity (Wildman–Crippen MR) is 94.6 cm³/mol. The molecule has 6 heteroatoms. The highest BCUT2D eigenvalue weighted by molar-refractivity contribution is 5.99. The third-order valence-electron chi connectivity index (χ3n) is 3.30. The highest BCUT2D eigenvalue weighted by Crippen LogP contribution is 2.16. The van der Waals surface area contributed by atoms with Crippen molar-refractivity contribution in [1.82, 2.24) is 5.43 Å². The van der Waals surface area contributed by atoms with Gasteiger partial charge in [0.05, 0.1) is 17.9 Å². The van der Waals surface area contributed by atoms with Crippen molar-refractivity contribution < 1.29 is 14.3 Å². The molecule has 0 saturated heterocycles. The van der Waals surface area contributed by atoms with E-state index >= 15 is 0 Å². The molecule has 2 aromatic carbocycles. The first-order valence-corrected chi connectivity index (χ1v) is 7.82. The number of ether oxygens (including phenoxy) is 2. The van der Waals surface area contributed by atoms with Crippen molar-refractivity contribution in [2.24, 2.45) is 5.10 Å². The van der Waals surface area contributed by atoms with Crippen LogP contribution in [0.1, 0.15) is 25.0 Å². The minimum atomic E-state index is -0.405. The molecule has 1 N–H and O–H groups in total. The first-order valence-electron chi connectivity index (χ1n) is 7.82. The Morgan fingerprint density at radius 1 is 1.16 bits per heavy atom. The second-order valence-electron chi connectivity index (χ2n) is 5.09. The van der Waals surface area contributed by atoms with Gasteiger partial charge in [-0.15, -0.1) is 0 Å². The van der Waals surface area contributed by atoms with E-state index in [1.807, 2.05) is 37.3 Å². The fourth-order valence-electron chi connectivity index (χ4n) is 2.03. The maximum atomic E-state index is 11.8. The van der Waals surface area contributed by atoms with Crippen LogP contribution < -0.4 is 14.9 Å². The molecule has 2 rings (SSSR count). The molecule has 6 nitrogen and oxygen atoms in total. The smallest absolute Gasteiger partial charge is 0.277 e. The molecule has 0 bridgehead atoms. The summed E-state index contributed by atoms with van der Waals surface area (Å²) in [6.07, 6.45) is 0. The van der Waals surface area contributed by atoms with Crippen LogP contribution in [-0.2, 0) is 4.79 Å². The second kappa shape index (κ2) is 9.08. The Morgan fingerprint density at radius 3 is 2.56 bits per heavy atom. The molecule has 0 atom stereocenters. The number of nitriles is 1. The van der Waals surface area contributed by atoms with Gasteiger partial charge in [0.1, 0.15) is 17.6 Å². The molecule has 25 heavy (non-hydrogen) atoms. The Balaban J connectivity index is 1.89. The second-order valence-corrected chi connectivity index (χ2v) is 5.09. The lowest BCUT2D eigenvalue weighted by Gasteiger charge is -2.07. The van der Waals surface area contributed by atoms with Gasteiger partial charge in [-0.3, -0.25) is 4.79 Å². The maximum Gasteiger partial charge on any atom is 0.277 e. The van der Waals surface area contributed by atoms with Crippen molar-refractivity contribution in [3.8, 4) is 17.6 Å². The summed E-state index contributed by atoms with van der Waals surface area (Å²) in [4.78, 5) is 11.8. The van der Waals surface area contributed by atoms with E-state index in [9.17, 15) is 4.79 Å². The standard InChI is InChI=1S/C19H19N3O3/c1-3-24-17-10-8-15(9-11-17)14(2)21-22-19(23)13-25-18-7-5-4-6-16(18)12-20/h4-11H,3,13H2,1-2H3,(H,22,23)/b21-14-. The van der Waals surface area contributed by atoms with Crippen molar-refractivity contribution in [2.45, 2.75) is 13.8 Å². The van der Waals surface area contributed by atoms with Crippen molar-refractivity contribution in [2.75, 3.05) is 13.2 Å². The van der Waals surface area contributed by atoms with Crippen LogP contribution in [0.5, 0.6) is 11.5 Å². The van der Waals surface area contributed by atoms with E-state index in [0.29, 0.717) is 23.6 Å². The van der Waals surface area contributed by atoms with Crippen molar-refractivity contribution in [3.05, 3.63) is 59.7 Å². The lowest BCUT2D eigenvalue weighted by Crippen LogP contribution is -2.25. The third-order valence-corrected chi connectivity index (χ3v) is 3.30. The minimum absolute atomic E-state index is 0.223. The average molecular weight is 337 g/mol. The van der Waals surface area contributed by atoms with E-state index in [2.05, 4.69) is 10.5 Å². The number of benzene rings is 2. The number of amides is 1. The number of hydrazone groups is 1. The zero-order valence-corrected chi connectivity index (χ0v) is 14.2. The lowest BCUT2D eigenvalue weighted by atomic mass is 10.1. The highest BCUT2D eigenvalue weighted by atomic mass is 16.5. The number of nitrogens with zero attached hydrogens (tertiary/aromatic N) is 2. The summed E-state index contributed by atoms with van der Waals surface area (Å²) < 4.78 is 10.7. The van der Waals surface area contributed by atoms with Crippen LogP contribution >= 0.6 is 0 Å². The van der Waals surface area contributed by atoms with Gasteiger partial charge in [-0.05, 0) is 55.8 Å². The van der Waals surface area contributed by atoms with Crippen molar-refractivity contribution >= 4 is 11.6 Å². The predicted octanol–water partition coefficient (Wildman–Crippen LogP) is 2.88. The number of hydrogen-bond donors (Lipinski definition) is 1. The van der Waals surface area contributed by atoms with Gasteiger partial charge < -0.3 is 9.47 Å². The molecule has 1 amide bonds. The van der Waals surface area contributed by atoms with Crippen LogP contribution in [0.15, 0.2) is 53.6 Å². The van der Waals surface area contributed by atoms with Crippen LogP contribution in [0.4, 0.5) is 0 Å².